The molecule has 4 rings (SSSR count). The Morgan fingerprint density at radius 1 is 1.17 bits per heavy atom. The van der Waals surface area contributed by atoms with Gasteiger partial charge in [-0.25, -0.2) is 0 Å². The Hall–Kier alpha value is -2.89. The van der Waals surface area contributed by atoms with E-state index in [0.717, 1.165) is 20.1 Å². The van der Waals surface area contributed by atoms with E-state index in [1.807, 2.05) is 6.92 Å². The highest BCUT2D eigenvalue weighted by Crippen LogP contribution is 2.33. The molecule has 0 amide bonds. The van der Waals surface area contributed by atoms with Crippen molar-refractivity contribution in [2.24, 2.45) is 0 Å². The summed E-state index contributed by atoms with van der Waals surface area (Å²) in [6.07, 6.45) is 9.97. The highest BCUT2D eigenvalue weighted by atomic mass is 19.2. The van der Waals surface area contributed by atoms with E-state index in [1.54, 1.807) is 60.7 Å². The van der Waals surface area contributed by atoms with Gasteiger partial charge >= 0.3 is 6.97 Å². The molecule has 3 nitrogen and oxygen atoms in total. The Morgan fingerprint density at radius 3 is 2.67 bits per heavy atom. The predicted octanol–water partition coefficient (Wildman–Crippen LogP) is 3.90. The maximum absolute atomic E-state index is 15.0. The summed E-state index contributed by atoms with van der Waals surface area (Å²) in [6.45, 7) is -2.08. The summed E-state index contributed by atoms with van der Waals surface area (Å²) in [5, 5.41) is 9.31. The minimum atomic E-state index is -3.92. The molecule has 24 heavy (non-hydrogen) atoms. The van der Waals surface area contributed by atoms with Crippen molar-refractivity contribution >= 4 is 31.4 Å². The Kier molecular flexibility index (Phi) is 3.10. The summed E-state index contributed by atoms with van der Waals surface area (Å²) in [6, 6.07) is 8.37. The first-order valence-corrected chi connectivity index (χ1v) is 7.70. The van der Waals surface area contributed by atoms with Gasteiger partial charge in [0.2, 0.25) is 0 Å². The van der Waals surface area contributed by atoms with Gasteiger partial charge in [0, 0.05) is 29.6 Å². The fourth-order valence-corrected chi connectivity index (χ4v) is 3.20. The summed E-state index contributed by atoms with van der Waals surface area (Å²) in [5.74, 6) is 0.174. The molecule has 0 fully saturated rings. The zero-order valence-corrected chi connectivity index (χ0v) is 13.0. The second-order valence-electron chi connectivity index (χ2n) is 6.01. The molecule has 6 heteroatoms. The van der Waals surface area contributed by atoms with Crippen molar-refractivity contribution in [3.8, 4) is 5.75 Å². The van der Waals surface area contributed by atoms with Crippen molar-refractivity contribution in [3.63, 3.8) is 0 Å². The van der Waals surface area contributed by atoms with Gasteiger partial charge in [-0.15, -0.1) is 0 Å². The number of halogens is 2. The van der Waals surface area contributed by atoms with E-state index >= 15 is 0 Å². The average Bonchev–Trinajstić information content (AvgIpc) is 3.13. The predicted molar refractivity (Wildman–Crippen MR) is 93.0 cm³/mol. The molecule has 0 radical (unpaired) electrons. The Bertz CT molecular complexity index is 950. The van der Waals surface area contributed by atoms with Gasteiger partial charge < -0.3 is 22.7 Å². The van der Waals surface area contributed by atoms with Crippen LogP contribution in [0, 0.1) is 6.92 Å². The van der Waals surface area contributed by atoms with Crippen LogP contribution in [0.15, 0.2) is 48.2 Å². The zero-order valence-electron chi connectivity index (χ0n) is 13.0. The first-order chi connectivity index (χ1) is 11.5. The number of hydrogen-bond donors (Lipinski definition) is 1. The summed E-state index contributed by atoms with van der Waals surface area (Å²) in [4.78, 5) is 0. The van der Waals surface area contributed by atoms with Crippen LogP contribution >= 0.6 is 0 Å². The maximum atomic E-state index is 15.0. The minimum Gasteiger partial charge on any atom is -0.508 e. The van der Waals surface area contributed by atoms with Crippen LogP contribution in [0.4, 0.5) is 8.63 Å². The molecule has 0 unspecified atom stereocenters. The summed E-state index contributed by atoms with van der Waals surface area (Å²) < 4.78 is 32.1. The number of aromatic nitrogens is 1. The fourth-order valence-electron chi connectivity index (χ4n) is 3.20. The van der Waals surface area contributed by atoms with Crippen LogP contribution in [0.25, 0.3) is 18.2 Å². The first-order valence-electron chi connectivity index (χ1n) is 7.70. The van der Waals surface area contributed by atoms with Gasteiger partial charge in [0.05, 0.1) is 0 Å². The number of fused-ring (bicyclic) bond motifs is 2. The third-order valence-electron chi connectivity index (χ3n) is 4.39. The van der Waals surface area contributed by atoms with Crippen LogP contribution in [0.3, 0.4) is 0 Å². The smallest absolute Gasteiger partial charge is 0.508 e. The number of hydrogen-bond acceptors (Lipinski definition) is 1. The van der Waals surface area contributed by atoms with Crippen molar-refractivity contribution in [3.05, 3.63) is 70.7 Å². The number of rotatable bonds is 2. The topological polar surface area (TPSA) is 28.2 Å². The molecule has 1 aromatic carbocycles. The number of allylic oxidation sites excluding steroid dienone is 2. The second kappa shape index (κ2) is 5.06. The molecule has 2 aliphatic heterocycles. The van der Waals surface area contributed by atoms with E-state index in [2.05, 4.69) is 0 Å². The third-order valence-corrected chi connectivity index (χ3v) is 4.39. The normalized spacial score (nSPS) is 17.6. The van der Waals surface area contributed by atoms with Gasteiger partial charge in [-0.3, -0.25) is 0 Å². The van der Waals surface area contributed by atoms with Gasteiger partial charge in [0.15, 0.2) is 5.70 Å². The fraction of sp³-hybridized carbons (Fsp3) is 0.0556. The van der Waals surface area contributed by atoms with E-state index in [0.29, 0.717) is 17.1 Å². The quantitative estimate of drug-likeness (QED) is 0.834. The number of phenols is 1. The molecule has 2 aliphatic rings. The monoisotopic (exact) mass is 324 g/mol. The number of aryl methyl sites for hydroxylation is 1. The van der Waals surface area contributed by atoms with Crippen molar-refractivity contribution in [2.45, 2.75) is 6.92 Å². The van der Waals surface area contributed by atoms with Crippen LogP contribution in [0.1, 0.15) is 22.5 Å². The van der Waals surface area contributed by atoms with Crippen LogP contribution in [0.2, 0.25) is 0 Å². The van der Waals surface area contributed by atoms with E-state index in [-0.39, 0.29) is 5.75 Å². The van der Waals surface area contributed by atoms with Crippen molar-refractivity contribution < 1.29 is 18.2 Å². The van der Waals surface area contributed by atoms with Gasteiger partial charge in [0.1, 0.15) is 12.0 Å². The highest BCUT2D eigenvalue weighted by molar-refractivity contribution is 6.58. The van der Waals surface area contributed by atoms with Gasteiger partial charge in [-0.1, -0.05) is 18.2 Å². The van der Waals surface area contributed by atoms with Crippen molar-refractivity contribution in [1.82, 2.24) is 4.48 Å². The molecule has 1 N–H and O–H groups in total. The zero-order chi connectivity index (χ0) is 16.9. The summed E-state index contributed by atoms with van der Waals surface area (Å²) in [7, 11) is 0. The van der Waals surface area contributed by atoms with Crippen LogP contribution in [0.5, 0.6) is 5.75 Å². The number of phenolic OH excluding ortho intramolecular Hbond substituents is 1. The molecule has 0 aliphatic carbocycles. The molecule has 0 bridgehead atoms. The maximum Gasteiger partial charge on any atom is 0.737 e. The van der Waals surface area contributed by atoms with Gasteiger partial charge in [-0.05, 0) is 42.3 Å². The molecule has 0 atom stereocenters. The molecule has 3 heterocycles. The lowest BCUT2D eigenvalue weighted by Gasteiger charge is -2.29. The molecule has 120 valence electrons. The second-order valence-corrected chi connectivity index (χ2v) is 6.01. The Labute approximate surface area is 138 Å². The van der Waals surface area contributed by atoms with Crippen LogP contribution in [-0.2, 0) is 0 Å². The molecular formula is C18H15BF2N2O. The molecular weight excluding hydrogens is 309 g/mol. The first kappa shape index (κ1) is 14.7. The van der Waals surface area contributed by atoms with Crippen LogP contribution < -0.4 is 0 Å². The molecule has 0 spiro atoms. The SMILES string of the molecule is Cc1cc(/C=C/c2ccc(O)cc2)n2c1C=C1C=CC=[N+]1[B-]2(F)F. The molecule has 0 saturated carbocycles. The van der Waals surface area contributed by atoms with Crippen molar-refractivity contribution in [2.75, 3.05) is 0 Å². The van der Waals surface area contributed by atoms with E-state index in [4.69, 9.17) is 0 Å². The number of nitrogens with zero attached hydrogens (tertiary/aromatic N) is 2. The Balaban J connectivity index is 1.81. The van der Waals surface area contributed by atoms with E-state index < -0.39 is 6.97 Å². The largest absolute Gasteiger partial charge is 0.737 e. The number of benzene rings is 1. The summed E-state index contributed by atoms with van der Waals surface area (Å²) >= 11 is 0. The average molecular weight is 324 g/mol. The van der Waals surface area contributed by atoms with Gasteiger partial charge in [-0.2, -0.15) is 0 Å². The van der Waals surface area contributed by atoms with E-state index in [9.17, 15) is 13.7 Å². The standard InChI is InChI=1S/C18H15BF2N2O/c1-13-11-16(7-4-14-5-8-17(24)9-6-14)23-18(13)12-15-3-2-10-22(15)19(23,20)21/h2-12,24H,1H3/b7-4+. The Morgan fingerprint density at radius 2 is 1.92 bits per heavy atom. The third kappa shape index (κ3) is 2.14. The lowest BCUT2D eigenvalue weighted by atomic mass is 9.91. The molecule has 0 saturated heterocycles. The van der Waals surface area contributed by atoms with Gasteiger partial charge in [0.25, 0.3) is 0 Å². The van der Waals surface area contributed by atoms with E-state index in [1.165, 1.54) is 6.21 Å². The molecule has 2 aromatic rings. The number of aromatic hydroxyl groups is 1. The van der Waals surface area contributed by atoms with Crippen LogP contribution in [-0.4, -0.2) is 27.3 Å². The molecule has 1 aromatic heterocycles. The summed E-state index contributed by atoms with van der Waals surface area (Å²) in [5.41, 5.74) is 3.16. The lowest BCUT2D eigenvalue weighted by Crippen LogP contribution is -2.49. The lowest BCUT2D eigenvalue weighted by molar-refractivity contribution is -0.355. The highest BCUT2D eigenvalue weighted by Gasteiger charge is 2.50. The van der Waals surface area contributed by atoms with Crippen molar-refractivity contribution in [1.29, 1.82) is 0 Å². The minimum absolute atomic E-state index is 0.174.